The Balaban J connectivity index is 2.38. The second-order valence-corrected chi connectivity index (χ2v) is 6.89. The molecule has 0 spiro atoms. The van der Waals surface area contributed by atoms with Gasteiger partial charge in [0, 0.05) is 36.2 Å². The molecular formula is C21H25N3O3. The van der Waals surface area contributed by atoms with Crippen molar-refractivity contribution in [1.29, 1.82) is 0 Å². The first-order valence-corrected chi connectivity index (χ1v) is 8.98. The standard InChI is InChI=1S/C21H25N3O3/c1-15(2)23(16(3)4)20(14-17-8-6-5-7-9-17)22-21(25)18-10-12-19(13-11-18)24(26)27/h5-13,15-16H,14H2,1-4H3. The van der Waals surface area contributed by atoms with Crippen LogP contribution < -0.4 is 0 Å². The third-order valence-corrected chi connectivity index (χ3v) is 4.17. The summed E-state index contributed by atoms with van der Waals surface area (Å²) in [5.74, 6) is 0.289. The van der Waals surface area contributed by atoms with Crippen LogP contribution in [-0.2, 0) is 6.42 Å². The summed E-state index contributed by atoms with van der Waals surface area (Å²) in [6.07, 6.45) is 0.538. The highest BCUT2D eigenvalue weighted by atomic mass is 16.6. The fraction of sp³-hybridized carbons (Fsp3) is 0.333. The molecule has 2 rings (SSSR count). The average molecular weight is 367 g/mol. The van der Waals surface area contributed by atoms with Crippen molar-refractivity contribution in [2.75, 3.05) is 0 Å². The van der Waals surface area contributed by atoms with Gasteiger partial charge in [-0.3, -0.25) is 14.9 Å². The zero-order chi connectivity index (χ0) is 20.0. The molecule has 27 heavy (non-hydrogen) atoms. The van der Waals surface area contributed by atoms with Crippen molar-refractivity contribution in [3.8, 4) is 0 Å². The third-order valence-electron chi connectivity index (χ3n) is 4.17. The van der Waals surface area contributed by atoms with Gasteiger partial charge in [0.1, 0.15) is 5.84 Å². The minimum atomic E-state index is -0.488. The fourth-order valence-electron chi connectivity index (χ4n) is 3.07. The van der Waals surface area contributed by atoms with Crippen LogP contribution in [0.2, 0.25) is 0 Å². The van der Waals surface area contributed by atoms with Crippen LogP contribution in [0.1, 0.15) is 43.6 Å². The SMILES string of the molecule is CC(C)N(C(Cc1ccccc1)=NC(=O)c1ccc([N+](=O)[O-])cc1)C(C)C. The maximum absolute atomic E-state index is 12.7. The highest BCUT2D eigenvalue weighted by Gasteiger charge is 2.20. The molecule has 6 nitrogen and oxygen atoms in total. The van der Waals surface area contributed by atoms with Crippen molar-refractivity contribution >= 4 is 17.4 Å². The Labute approximate surface area is 159 Å². The van der Waals surface area contributed by atoms with Crippen molar-refractivity contribution < 1.29 is 9.72 Å². The molecule has 0 atom stereocenters. The Morgan fingerprint density at radius 3 is 2.04 bits per heavy atom. The van der Waals surface area contributed by atoms with Crippen molar-refractivity contribution in [1.82, 2.24) is 4.90 Å². The predicted molar refractivity (Wildman–Crippen MR) is 107 cm³/mol. The number of hydrogen-bond donors (Lipinski definition) is 0. The van der Waals surface area contributed by atoms with Crippen LogP contribution in [0.15, 0.2) is 59.6 Å². The lowest BCUT2D eigenvalue weighted by Crippen LogP contribution is -2.43. The number of rotatable bonds is 6. The number of carbonyl (C=O) groups excluding carboxylic acids is 1. The summed E-state index contributed by atoms with van der Waals surface area (Å²) < 4.78 is 0. The molecule has 0 aliphatic carbocycles. The summed E-state index contributed by atoms with van der Waals surface area (Å²) in [7, 11) is 0. The average Bonchev–Trinajstić information content (AvgIpc) is 2.62. The van der Waals surface area contributed by atoms with Gasteiger partial charge in [0.25, 0.3) is 11.6 Å². The molecule has 0 fully saturated rings. The number of amidine groups is 1. The van der Waals surface area contributed by atoms with Crippen molar-refractivity contribution in [3.63, 3.8) is 0 Å². The van der Waals surface area contributed by atoms with Gasteiger partial charge in [-0.2, -0.15) is 4.99 Å². The summed E-state index contributed by atoms with van der Waals surface area (Å²) in [5.41, 5.74) is 1.35. The van der Waals surface area contributed by atoms with Crippen LogP contribution in [0.4, 0.5) is 5.69 Å². The van der Waals surface area contributed by atoms with Crippen LogP contribution in [0.5, 0.6) is 0 Å². The molecule has 0 saturated carbocycles. The molecule has 0 aliphatic rings. The molecule has 0 aliphatic heterocycles. The smallest absolute Gasteiger partial charge is 0.278 e. The summed E-state index contributed by atoms with van der Waals surface area (Å²) in [6, 6.07) is 15.8. The highest BCUT2D eigenvalue weighted by Crippen LogP contribution is 2.15. The first-order chi connectivity index (χ1) is 12.8. The number of nitrogens with zero attached hydrogens (tertiary/aromatic N) is 3. The quantitative estimate of drug-likeness (QED) is 0.326. The number of carbonyl (C=O) groups is 1. The van der Waals surface area contributed by atoms with Gasteiger partial charge in [-0.05, 0) is 45.4 Å². The lowest BCUT2D eigenvalue weighted by atomic mass is 10.1. The second-order valence-electron chi connectivity index (χ2n) is 6.89. The molecule has 0 unspecified atom stereocenters. The van der Waals surface area contributed by atoms with Crippen LogP contribution in [-0.4, -0.2) is 33.6 Å². The van der Waals surface area contributed by atoms with Crippen LogP contribution in [0.3, 0.4) is 0 Å². The van der Waals surface area contributed by atoms with Gasteiger partial charge >= 0.3 is 0 Å². The molecule has 2 aromatic carbocycles. The molecule has 0 radical (unpaired) electrons. The van der Waals surface area contributed by atoms with Crippen molar-refractivity contribution in [2.45, 2.75) is 46.2 Å². The normalized spacial score (nSPS) is 11.7. The second kappa shape index (κ2) is 9.07. The van der Waals surface area contributed by atoms with E-state index in [1.807, 2.05) is 30.3 Å². The Hall–Kier alpha value is -3.02. The van der Waals surface area contributed by atoms with Crippen molar-refractivity contribution in [3.05, 3.63) is 75.8 Å². The number of nitro benzene ring substituents is 1. The Kier molecular flexibility index (Phi) is 6.82. The van der Waals surface area contributed by atoms with E-state index >= 15 is 0 Å². The first-order valence-electron chi connectivity index (χ1n) is 8.98. The van der Waals surface area contributed by atoms with E-state index in [0.717, 1.165) is 5.56 Å². The number of nitro groups is 1. The van der Waals surface area contributed by atoms with E-state index in [-0.39, 0.29) is 17.8 Å². The fourth-order valence-corrected chi connectivity index (χ4v) is 3.07. The molecule has 6 heteroatoms. The van der Waals surface area contributed by atoms with Crippen LogP contribution in [0.25, 0.3) is 0 Å². The maximum atomic E-state index is 12.7. The van der Waals surface area contributed by atoms with Gasteiger partial charge in [-0.25, -0.2) is 0 Å². The first kappa shape index (κ1) is 20.3. The summed E-state index contributed by atoms with van der Waals surface area (Å²) in [6.45, 7) is 8.27. The number of amides is 1. The maximum Gasteiger partial charge on any atom is 0.278 e. The van der Waals surface area contributed by atoms with Gasteiger partial charge in [0.2, 0.25) is 0 Å². The zero-order valence-electron chi connectivity index (χ0n) is 16.1. The molecule has 0 bridgehead atoms. The Bertz CT molecular complexity index is 804. The lowest BCUT2D eigenvalue weighted by molar-refractivity contribution is -0.384. The lowest BCUT2D eigenvalue weighted by Gasteiger charge is -2.34. The van der Waals surface area contributed by atoms with E-state index in [1.54, 1.807) is 0 Å². The van der Waals surface area contributed by atoms with Crippen molar-refractivity contribution in [2.24, 2.45) is 4.99 Å². The molecular weight excluding hydrogens is 342 g/mol. The topological polar surface area (TPSA) is 75.8 Å². The summed E-state index contributed by atoms with van der Waals surface area (Å²) in [5, 5.41) is 10.8. The number of aliphatic imine (C=N–C) groups is 1. The minimum absolute atomic E-state index is 0.0500. The van der Waals surface area contributed by atoms with E-state index < -0.39 is 10.8 Å². The predicted octanol–water partition coefficient (Wildman–Crippen LogP) is 4.50. The van der Waals surface area contributed by atoms with Gasteiger partial charge in [0.15, 0.2) is 0 Å². The number of benzene rings is 2. The third kappa shape index (κ3) is 5.48. The van der Waals surface area contributed by atoms with Gasteiger partial charge in [0.05, 0.1) is 4.92 Å². The van der Waals surface area contributed by atoms with E-state index in [4.69, 9.17) is 0 Å². The van der Waals surface area contributed by atoms with E-state index in [2.05, 4.69) is 37.6 Å². The van der Waals surface area contributed by atoms with Gasteiger partial charge in [-0.15, -0.1) is 0 Å². The largest absolute Gasteiger partial charge is 0.355 e. The van der Waals surface area contributed by atoms with Gasteiger partial charge in [-0.1, -0.05) is 30.3 Å². The summed E-state index contributed by atoms with van der Waals surface area (Å²) in [4.78, 5) is 29.5. The van der Waals surface area contributed by atoms with Gasteiger partial charge < -0.3 is 4.90 Å². The molecule has 0 saturated heterocycles. The van der Waals surface area contributed by atoms with Crippen LogP contribution in [0, 0.1) is 10.1 Å². The van der Waals surface area contributed by atoms with E-state index in [0.29, 0.717) is 17.8 Å². The molecule has 142 valence electrons. The molecule has 1 amide bonds. The molecule has 0 N–H and O–H groups in total. The Morgan fingerprint density at radius 2 is 1.56 bits per heavy atom. The molecule has 0 aromatic heterocycles. The summed E-state index contributed by atoms with van der Waals surface area (Å²) >= 11 is 0. The molecule has 2 aromatic rings. The van der Waals surface area contributed by atoms with E-state index in [1.165, 1.54) is 24.3 Å². The number of non-ortho nitro benzene ring substituents is 1. The van der Waals surface area contributed by atoms with E-state index in [9.17, 15) is 14.9 Å². The molecule has 0 heterocycles. The monoisotopic (exact) mass is 367 g/mol. The van der Waals surface area contributed by atoms with Crippen LogP contribution >= 0.6 is 0 Å². The Morgan fingerprint density at radius 1 is 1.00 bits per heavy atom. The minimum Gasteiger partial charge on any atom is -0.355 e. The number of hydrogen-bond acceptors (Lipinski definition) is 3. The highest BCUT2D eigenvalue weighted by molar-refractivity contribution is 6.04. The zero-order valence-corrected chi connectivity index (χ0v) is 16.1.